The Labute approximate surface area is 158 Å². The predicted octanol–water partition coefficient (Wildman–Crippen LogP) is 2.38. The molecule has 144 valence electrons. The summed E-state index contributed by atoms with van der Waals surface area (Å²) in [5, 5.41) is 0. The average Bonchev–Trinajstić information content (AvgIpc) is 2.71. The van der Waals surface area contributed by atoms with Crippen molar-refractivity contribution in [1.29, 1.82) is 0 Å². The molecule has 0 aliphatic carbocycles. The van der Waals surface area contributed by atoms with Gasteiger partial charge in [0.2, 0.25) is 0 Å². The fourth-order valence-electron chi connectivity index (χ4n) is 3.04. The van der Waals surface area contributed by atoms with Crippen LogP contribution in [0, 0.1) is 0 Å². The van der Waals surface area contributed by atoms with Crippen molar-refractivity contribution in [2.45, 2.75) is 38.9 Å². The van der Waals surface area contributed by atoms with E-state index >= 15 is 0 Å². The number of hydrogen-bond acceptors (Lipinski definition) is 5. The van der Waals surface area contributed by atoms with Crippen molar-refractivity contribution in [3.8, 4) is 5.75 Å². The minimum Gasteiger partial charge on any atom is -0.486 e. The number of carbonyl (C=O) groups excluding carboxylic acids is 1. The second-order valence-electron chi connectivity index (χ2n) is 6.56. The molecule has 1 amide bonds. The number of likely N-dealkylation sites (tertiary alicyclic amines) is 1. The molecule has 1 N–H and O–H groups in total. The first kappa shape index (κ1) is 19.1. The van der Waals surface area contributed by atoms with Crippen LogP contribution in [0.3, 0.4) is 0 Å². The fraction of sp³-hybridized carbons (Fsp3) is 0.450. The third-order valence-corrected chi connectivity index (χ3v) is 4.42. The average molecular weight is 371 g/mol. The molecule has 1 saturated heterocycles. The van der Waals surface area contributed by atoms with Crippen molar-refractivity contribution in [2.75, 3.05) is 19.7 Å². The highest BCUT2D eigenvalue weighted by atomic mass is 16.5. The Morgan fingerprint density at radius 1 is 1.33 bits per heavy atom. The molecule has 1 aliphatic rings. The maximum Gasteiger partial charge on any atom is 0.263 e. The number of benzene rings is 1. The van der Waals surface area contributed by atoms with Gasteiger partial charge in [-0.3, -0.25) is 9.59 Å². The maximum atomic E-state index is 12.7. The summed E-state index contributed by atoms with van der Waals surface area (Å²) in [7, 11) is 0. The summed E-state index contributed by atoms with van der Waals surface area (Å²) in [6.07, 6.45) is 4.12. The van der Waals surface area contributed by atoms with Gasteiger partial charge in [0.25, 0.3) is 11.5 Å². The van der Waals surface area contributed by atoms with Crippen molar-refractivity contribution in [3.63, 3.8) is 0 Å². The number of piperidine rings is 1. The van der Waals surface area contributed by atoms with Crippen LogP contribution in [-0.2, 0) is 11.3 Å². The number of aromatic nitrogens is 2. The first-order valence-corrected chi connectivity index (χ1v) is 9.34. The van der Waals surface area contributed by atoms with Crippen LogP contribution in [0.4, 0.5) is 0 Å². The summed E-state index contributed by atoms with van der Waals surface area (Å²) in [5.74, 6) is 0.763. The van der Waals surface area contributed by atoms with Crippen LogP contribution in [-0.4, -0.2) is 46.6 Å². The lowest BCUT2D eigenvalue weighted by atomic mass is 10.1. The van der Waals surface area contributed by atoms with Gasteiger partial charge in [-0.1, -0.05) is 25.1 Å². The third kappa shape index (κ3) is 5.17. The van der Waals surface area contributed by atoms with E-state index in [4.69, 9.17) is 9.47 Å². The third-order valence-electron chi connectivity index (χ3n) is 4.42. The Morgan fingerprint density at radius 3 is 2.89 bits per heavy atom. The molecule has 2 aromatic rings. The highest BCUT2D eigenvalue weighted by Gasteiger charge is 2.26. The molecule has 1 aromatic heterocycles. The second kappa shape index (κ2) is 9.32. The highest BCUT2D eigenvalue weighted by Crippen LogP contribution is 2.15. The summed E-state index contributed by atoms with van der Waals surface area (Å²) in [5.41, 5.74) is -0.395. The van der Waals surface area contributed by atoms with Crippen LogP contribution in [0.5, 0.6) is 5.75 Å². The smallest absolute Gasteiger partial charge is 0.263 e. The highest BCUT2D eigenvalue weighted by molar-refractivity contribution is 5.93. The summed E-state index contributed by atoms with van der Waals surface area (Å²) in [6, 6.07) is 9.27. The number of nitrogens with one attached hydrogen (secondary N) is 1. The topological polar surface area (TPSA) is 84.5 Å². The SMILES string of the molecule is CCCO[C@@H]1CCCN(C(=O)c2cnc(COc3ccccc3)[nH]c2=O)C1. The number of rotatable bonds is 7. The van der Waals surface area contributed by atoms with Crippen LogP contribution in [0.25, 0.3) is 0 Å². The van der Waals surface area contributed by atoms with Gasteiger partial charge in [-0.25, -0.2) is 4.98 Å². The van der Waals surface area contributed by atoms with Gasteiger partial charge < -0.3 is 19.4 Å². The molecule has 3 rings (SSSR count). The Balaban J connectivity index is 1.62. The van der Waals surface area contributed by atoms with Crippen molar-refractivity contribution in [1.82, 2.24) is 14.9 Å². The monoisotopic (exact) mass is 371 g/mol. The van der Waals surface area contributed by atoms with Crippen molar-refractivity contribution < 1.29 is 14.3 Å². The van der Waals surface area contributed by atoms with Gasteiger partial charge in [0.15, 0.2) is 0 Å². The number of hydrogen-bond donors (Lipinski definition) is 1. The summed E-state index contributed by atoms with van der Waals surface area (Å²) < 4.78 is 11.3. The van der Waals surface area contributed by atoms with E-state index < -0.39 is 5.56 Å². The molecule has 2 heterocycles. The van der Waals surface area contributed by atoms with Crippen molar-refractivity contribution in [3.05, 3.63) is 58.3 Å². The number of amides is 1. The minimum atomic E-state index is -0.446. The summed E-state index contributed by atoms with van der Waals surface area (Å²) >= 11 is 0. The zero-order valence-corrected chi connectivity index (χ0v) is 15.5. The Bertz CT molecular complexity index is 806. The van der Waals surface area contributed by atoms with Gasteiger partial charge in [-0.05, 0) is 31.4 Å². The lowest BCUT2D eigenvalue weighted by molar-refractivity contribution is 0.00203. The fourth-order valence-corrected chi connectivity index (χ4v) is 3.04. The Hall–Kier alpha value is -2.67. The molecule has 27 heavy (non-hydrogen) atoms. The van der Waals surface area contributed by atoms with E-state index in [1.54, 1.807) is 4.90 Å². The van der Waals surface area contributed by atoms with Crippen LogP contribution in [0.15, 0.2) is 41.3 Å². The van der Waals surface area contributed by atoms with Gasteiger partial charge in [0, 0.05) is 25.9 Å². The molecule has 1 aromatic carbocycles. The quantitative estimate of drug-likeness (QED) is 0.808. The number of nitrogens with zero attached hydrogens (tertiary/aromatic N) is 2. The number of carbonyl (C=O) groups is 1. The van der Waals surface area contributed by atoms with E-state index in [9.17, 15) is 9.59 Å². The van der Waals surface area contributed by atoms with Gasteiger partial charge in [0.1, 0.15) is 23.7 Å². The summed E-state index contributed by atoms with van der Waals surface area (Å²) in [4.78, 5) is 33.6. The maximum absolute atomic E-state index is 12.7. The molecule has 0 saturated carbocycles. The largest absolute Gasteiger partial charge is 0.486 e. The molecular formula is C20H25N3O4. The molecule has 1 atom stereocenters. The van der Waals surface area contributed by atoms with Gasteiger partial charge in [-0.15, -0.1) is 0 Å². The molecular weight excluding hydrogens is 346 g/mol. The van der Waals surface area contributed by atoms with E-state index in [-0.39, 0.29) is 24.2 Å². The van der Waals surface area contributed by atoms with Gasteiger partial charge in [0.05, 0.1) is 6.10 Å². The van der Waals surface area contributed by atoms with Gasteiger partial charge in [-0.2, -0.15) is 0 Å². The van der Waals surface area contributed by atoms with Crippen LogP contribution in [0.2, 0.25) is 0 Å². The van der Waals surface area contributed by atoms with Crippen LogP contribution in [0.1, 0.15) is 42.4 Å². The van der Waals surface area contributed by atoms with E-state index in [0.29, 0.717) is 31.3 Å². The van der Waals surface area contributed by atoms with Crippen molar-refractivity contribution >= 4 is 5.91 Å². The van der Waals surface area contributed by atoms with Gasteiger partial charge >= 0.3 is 0 Å². The first-order valence-electron chi connectivity index (χ1n) is 9.34. The molecule has 7 nitrogen and oxygen atoms in total. The van der Waals surface area contributed by atoms with E-state index in [2.05, 4.69) is 16.9 Å². The lowest BCUT2D eigenvalue weighted by Crippen LogP contribution is -2.44. The normalized spacial score (nSPS) is 16.9. The Morgan fingerprint density at radius 2 is 2.15 bits per heavy atom. The molecule has 0 radical (unpaired) electrons. The van der Waals surface area contributed by atoms with E-state index in [1.807, 2.05) is 30.3 Å². The number of H-pyrrole nitrogens is 1. The van der Waals surface area contributed by atoms with Crippen LogP contribution >= 0.6 is 0 Å². The predicted molar refractivity (Wildman–Crippen MR) is 101 cm³/mol. The first-order chi connectivity index (χ1) is 13.2. The van der Waals surface area contributed by atoms with E-state index in [1.165, 1.54) is 6.20 Å². The molecule has 0 bridgehead atoms. The Kier molecular flexibility index (Phi) is 6.59. The molecule has 0 spiro atoms. The number of aromatic amines is 1. The van der Waals surface area contributed by atoms with E-state index in [0.717, 1.165) is 19.3 Å². The zero-order chi connectivity index (χ0) is 19.1. The second-order valence-corrected chi connectivity index (χ2v) is 6.56. The molecule has 7 heteroatoms. The minimum absolute atomic E-state index is 0.0354. The number of para-hydroxylation sites is 1. The zero-order valence-electron chi connectivity index (χ0n) is 15.5. The number of ether oxygens (including phenoxy) is 2. The molecule has 1 fully saturated rings. The lowest BCUT2D eigenvalue weighted by Gasteiger charge is -2.32. The summed E-state index contributed by atoms with van der Waals surface area (Å²) in [6.45, 7) is 4.01. The molecule has 0 unspecified atom stereocenters. The van der Waals surface area contributed by atoms with Crippen molar-refractivity contribution in [2.24, 2.45) is 0 Å². The molecule has 1 aliphatic heterocycles. The van der Waals surface area contributed by atoms with Crippen LogP contribution < -0.4 is 10.3 Å². The standard InChI is InChI=1S/C20H25N3O4/c1-2-11-26-16-9-6-10-23(13-16)20(25)17-12-21-18(22-19(17)24)14-27-15-7-4-3-5-8-15/h3-5,7-8,12,16H,2,6,9-11,13-14H2,1H3,(H,21,22,24)/t16-/m1/s1.